The fourth-order valence-corrected chi connectivity index (χ4v) is 10.6. The van der Waals surface area contributed by atoms with Crippen molar-refractivity contribution in [3.05, 3.63) is 128 Å². The van der Waals surface area contributed by atoms with Crippen molar-refractivity contribution in [1.29, 1.82) is 0 Å². The third-order valence-electron chi connectivity index (χ3n) is 8.24. The predicted molar refractivity (Wildman–Crippen MR) is 201 cm³/mol. The maximum atomic E-state index is 12.6. The first kappa shape index (κ1) is 51.1. The average Bonchev–Trinajstić information content (AvgIpc) is 3.79. The predicted octanol–water partition coefficient (Wildman–Crippen LogP) is 13.2. The van der Waals surface area contributed by atoms with Gasteiger partial charge in [-0.15, -0.1) is 0 Å². The third kappa shape index (κ3) is 12.7. The molecule has 317 valence electrons. The molecule has 0 saturated heterocycles. The number of alkyl halides is 13. The maximum Gasteiger partial charge on any atom is -0.0195 e. The molecule has 57 heavy (non-hydrogen) atoms. The van der Waals surface area contributed by atoms with Crippen LogP contribution in [0.2, 0.25) is 0 Å². The van der Waals surface area contributed by atoms with Crippen LogP contribution in [0.3, 0.4) is 0 Å². The molecule has 1 aliphatic carbocycles. The van der Waals surface area contributed by atoms with Crippen molar-refractivity contribution in [1.82, 2.24) is 0 Å². The van der Waals surface area contributed by atoms with Gasteiger partial charge >= 0.3 is 62.8 Å². The van der Waals surface area contributed by atoms with Crippen LogP contribution in [-0.2, 0) is 12.5 Å². The Morgan fingerprint density at radius 3 is 0.842 bits per heavy atom. The van der Waals surface area contributed by atoms with E-state index < -0.39 is 42.2 Å². The summed E-state index contributed by atoms with van der Waals surface area (Å²) in [6.07, 6.45) is -2.55. The first-order valence-electron chi connectivity index (χ1n) is 16.6. The Kier molecular flexibility index (Phi) is 20.2. The summed E-state index contributed by atoms with van der Waals surface area (Å²) in [5, 5.41) is 5.89. The molecular weight excluding hydrogens is 989 g/mol. The zero-order valence-electron chi connectivity index (χ0n) is 29.3. The van der Waals surface area contributed by atoms with Gasteiger partial charge in [0.05, 0.1) is 6.43 Å². The molecule has 19 heteroatoms. The van der Waals surface area contributed by atoms with Gasteiger partial charge in [-0.05, 0) is 49.4 Å². The molecule has 0 bridgehead atoms. The minimum Gasteiger partial charge on any atom is -0.0622 e. The monoisotopic (exact) mass is 1020 g/mol. The molecule has 0 aliphatic heterocycles. The quantitative estimate of drug-likeness (QED) is 0.0574. The van der Waals surface area contributed by atoms with Crippen molar-refractivity contribution >= 4 is 57.5 Å². The molecule has 0 radical (unpaired) electrons. The smallest absolute Gasteiger partial charge is 0.0195 e. The van der Waals surface area contributed by atoms with E-state index in [0.29, 0.717) is 0 Å². The molecule has 0 spiro atoms. The van der Waals surface area contributed by atoms with E-state index >= 15 is 0 Å². The normalized spacial score (nSPS) is 14.0. The second-order valence-corrected chi connectivity index (χ2v) is 16.7. The van der Waals surface area contributed by atoms with Gasteiger partial charge in [0.1, 0.15) is 0 Å². The second kappa shape index (κ2) is 22.5. The van der Waals surface area contributed by atoms with Gasteiger partial charge in [-0.25, -0.2) is 8.78 Å². The van der Waals surface area contributed by atoms with Gasteiger partial charge in [0.15, 0.2) is 0 Å². The Morgan fingerprint density at radius 2 is 0.632 bits per heavy atom. The maximum absolute atomic E-state index is 12.6. The Labute approximate surface area is 342 Å². The first-order chi connectivity index (χ1) is 26.6. The van der Waals surface area contributed by atoms with Gasteiger partial charge < -0.3 is 8.78 Å². The zero-order valence-corrected chi connectivity index (χ0v) is 34.3. The summed E-state index contributed by atoms with van der Waals surface area (Å²) in [7, 11) is -0.696. The van der Waals surface area contributed by atoms with Gasteiger partial charge in [-0.2, -0.15) is 48.3 Å². The van der Waals surface area contributed by atoms with E-state index in [0.717, 1.165) is 0 Å². The second-order valence-electron chi connectivity index (χ2n) is 12.0. The van der Waals surface area contributed by atoms with Crippen LogP contribution in [0, 0.1) is 6.43 Å². The standard InChI is InChI=1S/C26H24P2.C7F15.C5H10.Co.HI/c1-5-13-23(14-6-1)27(24-15-7-2-8-16-24)21-22-28(25-17-9-3-10-18-25)26-19-11-4-12-20-26;8-1(9)2(10,11)3(12,13)4(14,15)5(16,17)6(18,19)7(20,21)22;1-2-4-5-3-1;;/h1-20H,21-22H2;;1-5H2;;1H/q;-1;;+2;/p-1. The molecule has 0 aromatic heterocycles. The van der Waals surface area contributed by atoms with Gasteiger partial charge in [0.25, 0.3) is 5.92 Å². The molecule has 0 amide bonds. The molecule has 0 N–H and O–H groups in total. The van der Waals surface area contributed by atoms with Crippen LogP contribution in [0.25, 0.3) is 0 Å². The topological polar surface area (TPSA) is 0 Å². The van der Waals surface area contributed by atoms with Crippen molar-refractivity contribution in [3.8, 4) is 0 Å². The van der Waals surface area contributed by atoms with Crippen LogP contribution in [0.1, 0.15) is 32.1 Å². The fourth-order valence-electron chi connectivity index (χ4n) is 5.22. The Hall–Kier alpha value is -2.07. The minimum atomic E-state index is -8.19. The number of halogens is 16. The van der Waals surface area contributed by atoms with E-state index in [1.807, 2.05) is 20.4 Å². The van der Waals surface area contributed by atoms with Crippen molar-refractivity contribution in [2.24, 2.45) is 0 Å². The van der Waals surface area contributed by atoms with Crippen LogP contribution in [0.4, 0.5) is 65.9 Å². The molecule has 5 rings (SSSR count). The van der Waals surface area contributed by atoms with Gasteiger partial charge in [-0.3, -0.25) is 0 Å². The van der Waals surface area contributed by atoms with E-state index in [2.05, 4.69) is 134 Å². The number of hydrogen-bond acceptors (Lipinski definition) is 0. The fraction of sp³-hybridized carbons (Fsp3) is 0.342. The van der Waals surface area contributed by atoms with Crippen molar-refractivity contribution in [2.45, 2.75) is 67.9 Å². The number of benzene rings is 4. The van der Waals surface area contributed by atoms with E-state index in [1.54, 1.807) is 0 Å². The minimum absolute atomic E-state index is 0.348. The van der Waals surface area contributed by atoms with Crippen LogP contribution >= 0.6 is 36.3 Å². The molecule has 1 saturated carbocycles. The van der Waals surface area contributed by atoms with Gasteiger partial charge in [0.2, 0.25) is 0 Å². The van der Waals surface area contributed by atoms with Crippen molar-refractivity contribution in [2.75, 3.05) is 12.3 Å². The molecule has 1 fully saturated rings. The SMILES string of the molecule is C1CCCC1.F[C-](F)C(F)(F)C(F)(F)C(F)(F)C(F)(F)C(F)(F)C(F)(F)F.[Co+][I].c1ccc(P(CCP(c2ccccc2)c2ccccc2)c2ccccc2)cc1. The average molecular weight is 1020 g/mol. The summed E-state index contributed by atoms with van der Waals surface area (Å²) < 4.78 is 181. The van der Waals surface area contributed by atoms with Crippen LogP contribution in [-0.4, -0.2) is 48.1 Å². The molecule has 0 nitrogen and oxygen atoms in total. The zero-order chi connectivity index (χ0) is 43.1. The van der Waals surface area contributed by atoms with E-state index in [4.69, 9.17) is 0 Å². The summed E-state index contributed by atoms with van der Waals surface area (Å²) in [6.45, 7) is 0. The molecule has 0 heterocycles. The summed E-state index contributed by atoms with van der Waals surface area (Å²) in [5.41, 5.74) is 0. The molecule has 4 aromatic rings. The largest absolute Gasteiger partial charge is 0.0622 e. The molecular formula is C38H34CoF15IP2. The number of hydrogen-bond donors (Lipinski definition) is 0. The Morgan fingerprint density at radius 1 is 0.404 bits per heavy atom. The number of rotatable bonds is 12. The van der Waals surface area contributed by atoms with Crippen LogP contribution in [0.15, 0.2) is 121 Å². The summed E-state index contributed by atoms with van der Waals surface area (Å²) in [6, 6.07) is 44.2. The first-order valence-corrected chi connectivity index (χ1v) is 23.0. The van der Waals surface area contributed by atoms with Crippen LogP contribution in [0.5, 0.6) is 0 Å². The van der Waals surface area contributed by atoms with Gasteiger partial charge in [-0.1, -0.05) is 153 Å². The van der Waals surface area contributed by atoms with Crippen LogP contribution < -0.4 is 21.2 Å². The van der Waals surface area contributed by atoms with E-state index in [-0.39, 0.29) is 15.8 Å². The Balaban J connectivity index is 0.000000345. The summed E-state index contributed by atoms with van der Waals surface area (Å²) in [5.74, 6) is -39.6. The molecule has 4 aromatic carbocycles. The van der Waals surface area contributed by atoms with Gasteiger partial charge in [0, 0.05) is 0 Å². The summed E-state index contributed by atoms with van der Waals surface area (Å²) >= 11 is 5.37. The van der Waals surface area contributed by atoms with E-state index in [1.165, 1.54) is 65.6 Å². The van der Waals surface area contributed by atoms with E-state index in [9.17, 15) is 65.9 Å². The molecule has 0 atom stereocenters. The summed E-state index contributed by atoms with van der Waals surface area (Å²) in [4.78, 5) is 0. The van der Waals surface area contributed by atoms with Crippen molar-refractivity contribution in [3.63, 3.8) is 0 Å². The Bertz CT molecular complexity index is 1530. The molecule has 0 unspecified atom stereocenters. The molecule has 1 aliphatic rings. The third-order valence-corrected chi connectivity index (χ3v) is 13.6. The van der Waals surface area contributed by atoms with Crippen molar-refractivity contribution < 1.29 is 78.4 Å².